The Bertz CT molecular complexity index is 440. The second-order valence-corrected chi connectivity index (χ2v) is 3.48. The lowest BCUT2D eigenvalue weighted by atomic mass is 10.0. The lowest BCUT2D eigenvalue weighted by molar-refractivity contribution is -0.111. The third kappa shape index (κ3) is 2.48. The molecule has 0 aromatic heterocycles. The van der Waals surface area contributed by atoms with Crippen LogP contribution in [-0.2, 0) is 4.79 Å². The summed E-state index contributed by atoms with van der Waals surface area (Å²) >= 11 is 0. The highest BCUT2D eigenvalue weighted by atomic mass is 16.4. The lowest BCUT2D eigenvalue weighted by Crippen LogP contribution is -2.11. The molecule has 0 atom stereocenters. The van der Waals surface area contributed by atoms with E-state index in [0.29, 0.717) is 16.8 Å². The van der Waals surface area contributed by atoms with Crippen LogP contribution in [0.1, 0.15) is 21.5 Å². The standard InChI is InChI=1S/C12H13NO3/c1-4-10(14)13-11-7(2)5-9(12(15)16)6-8(11)3/h4-6H,1H2,2-3H3,(H,13,14)(H,15,16). The highest BCUT2D eigenvalue weighted by Gasteiger charge is 2.10. The minimum Gasteiger partial charge on any atom is -0.478 e. The van der Waals surface area contributed by atoms with Crippen LogP contribution in [0.4, 0.5) is 5.69 Å². The number of aromatic carboxylic acids is 1. The molecule has 16 heavy (non-hydrogen) atoms. The van der Waals surface area contributed by atoms with Crippen LogP contribution in [0.25, 0.3) is 0 Å². The first-order valence-electron chi connectivity index (χ1n) is 4.73. The van der Waals surface area contributed by atoms with E-state index in [2.05, 4.69) is 11.9 Å². The van der Waals surface area contributed by atoms with Crippen LogP contribution in [-0.4, -0.2) is 17.0 Å². The van der Waals surface area contributed by atoms with Crippen LogP contribution in [0.15, 0.2) is 24.8 Å². The Kier molecular flexibility index (Phi) is 3.45. The summed E-state index contributed by atoms with van der Waals surface area (Å²) < 4.78 is 0. The summed E-state index contributed by atoms with van der Waals surface area (Å²) in [6.07, 6.45) is 1.17. The molecule has 0 bridgehead atoms. The second-order valence-electron chi connectivity index (χ2n) is 3.48. The molecule has 0 heterocycles. The van der Waals surface area contributed by atoms with Crippen molar-refractivity contribution in [2.75, 3.05) is 5.32 Å². The van der Waals surface area contributed by atoms with Crippen LogP contribution in [0, 0.1) is 13.8 Å². The van der Waals surface area contributed by atoms with Crippen molar-refractivity contribution in [2.24, 2.45) is 0 Å². The van der Waals surface area contributed by atoms with Crippen molar-refractivity contribution in [3.8, 4) is 0 Å². The quantitative estimate of drug-likeness (QED) is 0.765. The van der Waals surface area contributed by atoms with Crippen molar-refractivity contribution in [1.82, 2.24) is 0 Å². The van der Waals surface area contributed by atoms with Crippen LogP contribution in [0.3, 0.4) is 0 Å². The van der Waals surface area contributed by atoms with Crippen molar-refractivity contribution < 1.29 is 14.7 Å². The fraction of sp³-hybridized carbons (Fsp3) is 0.167. The topological polar surface area (TPSA) is 66.4 Å². The molecule has 1 aromatic rings. The number of amides is 1. The van der Waals surface area contributed by atoms with Crippen molar-refractivity contribution in [3.05, 3.63) is 41.5 Å². The maximum atomic E-state index is 11.2. The van der Waals surface area contributed by atoms with Gasteiger partial charge in [-0.25, -0.2) is 4.79 Å². The minimum atomic E-state index is -0.979. The van der Waals surface area contributed by atoms with E-state index in [4.69, 9.17) is 5.11 Å². The first kappa shape index (κ1) is 12.0. The van der Waals surface area contributed by atoms with Gasteiger partial charge >= 0.3 is 5.97 Å². The summed E-state index contributed by atoms with van der Waals surface area (Å²) in [5.74, 6) is -1.29. The van der Waals surface area contributed by atoms with Gasteiger partial charge in [0.15, 0.2) is 0 Å². The first-order chi connectivity index (χ1) is 7.45. The average molecular weight is 219 g/mol. The van der Waals surface area contributed by atoms with Gasteiger partial charge in [0, 0.05) is 5.69 Å². The molecule has 0 spiro atoms. The number of carboxylic acid groups (broad SMARTS) is 1. The number of carbonyl (C=O) groups excluding carboxylic acids is 1. The van der Waals surface area contributed by atoms with Gasteiger partial charge in [-0.3, -0.25) is 4.79 Å². The summed E-state index contributed by atoms with van der Waals surface area (Å²) in [5, 5.41) is 11.5. The smallest absolute Gasteiger partial charge is 0.335 e. The highest BCUT2D eigenvalue weighted by Crippen LogP contribution is 2.22. The van der Waals surface area contributed by atoms with Gasteiger partial charge in [-0.15, -0.1) is 0 Å². The van der Waals surface area contributed by atoms with Crippen LogP contribution in [0.5, 0.6) is 0 Å². The number of carboxylic acids is 1. The fourth-order valence-corrected chi connectivity index (χ4v) is 1.46. The third-order valence-corrected chi connectivity index (χ3v) is 2.21. The van der Waals surface area contributed by atoms with E-state index in [1.54, 1.807) is 13.8 Å². The van der Waals surface area contributed by atoms with E-state index in [1.807, 2.05) is 0 Å². The Morgan fingerprint density at radius 3 is 2.19 bits per heavy atom. The van der Waals surface area contributed by atoms with E-state index >= 15 is 0 Å². The number of benzene rings is 1. The average Bonchev–Trinajstić information content (AvgIpc) is 2.22. The molecular formula is C12H13NO3. The molecule has 2 N–H and O–H groups in total. The lowest BCUT2D eigenvalue weighted by Gasteiger charge is -2.11. The number of anilines is 1. The summed E-state index contributed by atoms with van der Waals surface area (Å²) in [7, 11) is 0. The third-order valence-electron chi connectivity index (χ3n) is 2.21. The van der Waals surface area contributed by atoms with Gasteiger partial charge in [0.2, 0.25) is 5.91 Å². The van der Waals surface area contributed by atoms with Gasteiger partial charge in [0.05, 0.1) is 5.56 Å². The number of hydrogen-bond donors (Lipinski definition) is 2. The van der Waals surface area contributed by atoms with Crippen molar-refractivity contribution in [2.45, 2.75) is 13.8 Å². The minimum absolute atomic E-state index is 0.214. The Morgan fingerprint density at radius 2 is 1.81 bits per heavy atom. The summed E-state index contributed by atoms with van der Waals surface area (Å²) in [6, 6.07) is 3.04. The number of carbonyl (C=O) groups is 2. The van der Waals surface area contributed by atoms with Gasteiger partial charge in [-0.2, -0.15) is 0 Å². The molecule has 0 fully saturated rings. The van der Waals surface area contributed by atoms with Gasteiger partial charge in [-0.05, 0) is 43.2 Å². The molecule has 1 aromatic carbocycles. The largest absolute Gasteiger partial charge is 0.478 e. The number of nitrogens with one attached hydrogen (secondary N) is 1. The molecular weight excluding hydrogens is 206 g/mol. The fourth-order valence-electron chi connectivity index (χ4n) is 1.46. The predicted molar refractivity (Wildman–Crippen MR) is 61.7 cm³/mol. The molecule has 0 radical (unpaired) electrons. The van der Waals surface area contributed by atoms with Crippen molar-refractivity contribution >= 4 is 17.6 Å². The first-order valence-corrected chi connectivity index (χ1v) is 4.73. The Morgan fingerprint density at radius 1 is 1.31 bits per heavy atom. The summed E-state index contributed by atoms with van der Waals surface area (Å²) in [6.45, 7) is 6.85. The number of rotatable bonds is 3. The van der Waals surface area contributed by atoms with Gasteiger partial charge in [-0.1, -0.05) is 6.58 Å². The Labute approximate surface area is 93.6 Å². The molecule has 0 aliphatic heterocycles. The van der Waals surface area contributed by atoms with Crippen molar-refractivity contribution in [1.29, 1.82) is 0 Å². The highest BCUT2D eigenvalue weighted by molar-refractivity contribution is 6.00. The van der Waals surface area contributed by atoms with E-state index < -0.39 is 5.97 Å². The predicted octanol–water partition coefficient (Wildman–Crippen LogP) is 2.13. The van der Waals surface area contributed by atoms with Crippen molar-refractivity contribution in [3.63, 3.8) is 0 Å². The van der Waals surface area contributed by atoms with E-state index in [-0.39, 0.29) is 11.5 Å². The normalized spacial score (nSPS) is 9.62. The molecule has 0 aliphatic rings. The zero-order valence-corrected chi connectivity index (χ0v) is 9.20. The molecule has 0 saturated carbocycles. The molecule has 0 saturated heterocycles. The maximum Gasteiger partial charge on any atom is 0.335 e. The van der Waals surface area contributed by atoms with Crippen LogP contribution >= 0.6 is 0 Å². The number of aryl methyl sites for hydroxylation is 2. The Balaban J connectivity index is 3.17. The van der Waals surface area contributed by atoms with E-state index in [9.17, 15) is 9.59 Å². The summed E-state index contributed by atoms with van der Waals surface area (Å²) in [5.41, 5.74) is 2.28. The molecule has 4 nitrogen and oxygen atoms in total. The van der Waals surface area contributed by atoms with E-state index in [0.717, 1.165) is 0 Å². The Hall–Kier alpha value is -2.10. The van der Waals surface area contributed by atoms with Crippen LogP contribution < -0.4 is 5.32 Å². The van der Waals surface area contributed by atoms with Gasteiger partial charge in [0.25, 0.3) is 0 Å². The van der Waals surface area contributed by atoms with Gasteiger partial charge in [0.1, 0.15) is 0 Å². The number of hydrogen-bond acceptors (Lipinski definition) is 2. The molecule has 4 heteroatoms. The van der Waals surface area contributed by atoms with Gasteiger partial charge < -0.3 is 10.4 Å². The maximum absolute atomic E-state index is 11.2. The summed E-state index contributed by atoms with van der Waals surface area (Å²) in [4.78, 5) is 22.0. The zero-order chi connectivity index (χ0) is 12.3. The van der Waals surface area contributed by atoms with Crippen LogP contribution in [0.2, 0.25) is 0 Å². The molecule has 0 aliphatic carbocycles. The zero-order valence-electron chi connectivity index (χ0n) is 9.20. The molecule has 1 amide bonds. The second kappa shape index (κ2) is 4.61. The SMILES string of the molecule is C=CC(=O)Nc1c(C)cc(C(=O)O)cc1C. The van der Waals surface area contributed by atoms with E-state index in [1.165, 1.54) is 18.2 Å². The monoisotopic (exact) mass is 219 g/mol. The molecule has 0 unspecified atom stereocenters. The molecule has 1 rings (SSSR count). The molecule has 84 valence electrons.